The van der Waals surface area contributed by atoms with E-state index in [9.17, 15) is 8.42 Å². The number of hydrogen-bond acceptors (Lipinski definition) is 5. The number of aliphatic imine (C=N–C) groups is 1. The van der Waals surface area contributed by atoms with Crippen molar-refractivity contribution in [1.82, 2.24) is 14.9 Å². The second-order valence-corrected chi connectivity index (χ2v) is 11.1. The first-order chi connectivity index (χ1) is 14.1. The first kappa shape index (κ1) is 25.8. The van der Waals surface area contributed by atoms with Gasteiger partial charge in [-0.1, -0.05) is 38.5 Å². The molecule has 2 N–H and O–H groups in total. The van der Waals surface area contributed by atoms with E-state index in [0.717, 1.165) is 29.7 Å². The van der Waals surface area contributed by atoms with Crippen molar-refractivity contribution in [2.24, 2.45) is 10.9 Å². The highest BCUT2D eigenvalue weighted by Gasteiger charge is 2.27. The van der Waals surface area contributed by atoms with Gasteiger partial charge in [-0.2, -0.15) is 4.31 Å². The Balaban J connectivity index is 0.00000320. The van der Waals surface area contributed by atoms with E-state index in [1.165, 1.54) is 54.2 Å². The summed E-state index contributed by atoms with van der Waals surface area (Å²) in [5.41, 5.74) is 0. The first-order valence-corrected chi connectivity index (χ1v) is 13.0. The fraction of sp³-hybridized carbons (Fsp3) is 0.750. The number of unbranched alkanes of at least 4 members (excludes halogenated alkanes) is 1. The lowest BCUT2D eigenvalue weighted by Crippen LogP contribution is -2.40. The van der Waals surface area contributed by atoms with Crippen LogP contribution in [0.25, 0.3) is 0 Å². The molecule has 0 aromatic carbocycles. The Bertz CT molecular complexity index is 758. The van der Waals surface area contributed by atoms with Crippen molar-refractivity contribution < 1.29 is 13.2 Å². The summed E-state index contributed by atoms with van der Waals surface area (Å²) in [6, 6.07) is 3.57. The third-order valence-corrected chi connectivity index (χ3v) is 9.11. The summed E-state index contributed by atoms with van der Waals surface area (Å²) in [5, 5.41) is 6.64. The minimum Gasteiger partial charge on any atom is -0.379 e. The predicted octanol–water partition coefficient (Wildman–Crippen LogP) is 3.41. The molecule has 2 aliphatic rings. The van der Waals surface area contributed by atoms with Crippen molar-refractivity contribution in [3.8, 4) is 0 Å². The zero-order valence-electron chi connectivity index (χ0n) is 17.8. The maximum Gasteiger partial charge on any atom is 0.252 e. The van der Waals surface area contributed by atoms with Gasteiger partial charge in [0, 0.05) is 31.6 Å². The number of hydrogen-bond donors (Lipinski definition) is 2. The van der Waals surface area contributed by atoms with E-state index in [1.807, 2.05) is 6.07 Å². The van der Waals surface area contributed by atoms with Crippen LogP contribution in [0.15, 0.2) is 21.3 Å². The minimum atomic E-state index is -3.41. The van der Waals surface area contributed by atoms with E-state index in [2.05, 4.69) is 15.6 Å². The number of rotatable bonds is 9. The Hall–Kier alpha value is -0.430. The van der Waals surface area contributed by atoms with E-state index in [-0.39, 0.29) is 24.0 Å². The third-order valence-electron chi connectivity index (χ3n) is 5.66. The second-order valence-electron chi connectivity index (χ2n) is 7.74. The summed E-state index contributed by atoms with van der Waals surface area (Å²) in [5.74, 6) is 1.71. The molecule has 0 bridgehead atoms. The number of nitrogens with one attached hydrogen (secondary N) is 2. The van der Waals surface area contributed by atoms with Crippen LogP contribution in [0.4, 0.5) is 0 Å². The van der Waals surface area contributed by atoms with Gasteiger partial charge in [0.25, 0.3) is 10.0 Å². The van der Waals surface area contributed by atoms with E-state index in [1.54, 1.807) is 13.1 Å². The van der Waals surface area contributed by atoms with Crippen molar-refractivity contribution in [2.75, 3.05) is 39.9 Å². The van der Waals surface area contributed by atoms with Gasteiger partial charge in [-0.25, -0.2) is 8.42 Å². The molecule has 0 atom stereocenters. The lowest BCUT2D eigenvalue weighted by atomic mass is 10.0. The molecule has 3 rings (SSSR count). The fourth-order valence-corrected chi connectivity index (χ4v) is 6.82. The fourth-order valence-electron chi connectivity index (χ4n) is 3.96. The molecule has 7 nitrogen and oxygen atoms in total. The highest BCUT2D eigenvalue weighted by Crippen LogP contribution is 2.29. The SMILES string of the molecule is CN=C(NCCCCC1CCCC1)NCc1ccc(S(=O)(=O)N2CCOCC2)s1.I. The molecule has 1 aliphatic heterocycles. The summed E-state index contributed by atoms with van der Waals surface area (Å²) in [6.07, 6.45) is 9.43. The average molecular weight is 571 g/mol. The zero-order valence-corrected chi connectivity index (χ0v) is 21.7. The third kappa shape index (κ3) is 7.61. The van der Waals surface area contributed by atoms with Gasteiger partial charge in [0.05, 0.1) is 19.8 Å². The Morgan fingerprint density at radius 1 is 1.20 bits per heavy atom. The van der Waals surface area contributed by atoms with Crippen molar-refractivity contribution in [3.63, 3.8) is 0 Å². The number of morpholine rings is 1. The standard InChI is InChI=1S/C20H34N4O3S2.HI/c1-21-20(22-11-5-4-8-17-6-2-3-7-17)23-16-18-9-10-19(28-18)29(25,26)24-12-14-27-15-13-24;/h9-10,17H,2-8,11-16H2,1H3,(H2,21,22,23);1H. The maximum absolute atomic E-state index is 12.7. The molecule has 1 saturated heterocycles. The number of halogens is 1. The molecule has 2 heterocycles. The van der Waals surface area contributed by atoms with Crippen LogP contribution in [0.5, 0.6) is 0 Å². The van der Waals surface area contributed by atoms with Gasteiger partial charge < -0.3 is 15.4 Å². The molecule has 0 amide bonds. The van der Waals surface area contributed by atoms with Gasteiger partial charge in [-0.3, -0.25) is 4.99 Å². The highest BCUT2D eigenvalue weighted by molar-refractivity contribution is 14.0. The van der Waals surface area contributed by atoms with Gasteiger partial charge in [0.2, 0.25) is 0 Å². The van der Waals surface area contributed by atoms with E-state index < -0.39 is 10.0 Å². The molecular weight excluding hydrogens is 535 g/mol. The molecule has 0 spiro atoms. The molecule has 30 heavy (non-hydrogen) atoms. The summed E-state index contributed by atoms with van der Waals surface area (Å²) < 4.78 is 32.6. The van der Waals surface area contributed by atoms with Crippen LogP contribution < -0.4 is 10.6 Å². The van der Waals surface area contributed by atoms with Gasteiger partial charge in [-0.15, -0.1) is 35.3 Å². The Kier molecular flexibility index (Phi) is 11.4. The average Bonchev–Trinajstić information content (AvgIpc) is 3.43. The first-order valence-electron chi connectivity index (χ1n) is 10.7. The van der Waals surface area contributed by atoms with E-state index >= 15 is 0 Å². The Labute approximate surface area is 202 Å². The quantitative estimate of drug-likeness (QED) is 0.206. The van der Waals surface area contributed by atoms with Crippen molar-refractivity contribution in [1.29, 1.82) is 0 Å². The van der Waals surface area contributed by atoms with Crippen molar-refractivity contribution in [3.05, 3.63) is 17.0 Å². The lowest BCUT2D eigenvalue weighted by Gasteiger charge is -2.25. The Morgan fingerprint density at radius 3 is 2.63 bits per heavy atom. The van der Waals surface area contributed by atoms with Gasteiger partial charge in [-0.05, 0) is 24.5 Å². The smallest absolute Gasteiger partial charge is 0.252 e. The van der Waals surface area contributed by atoms with Gasteiger partial charge in [0.15, 0.2) is 5.96 Å². The monoisotopic (exact) mass is 570 g/mol. The molecule has 1 aromatic heterocycles. The van der Waals surface area contributed by atoms with E-state index in [0.29, 0.717) is 37.1 Å². The topological polar surface area (TPSA) is 83.0 Å². The van der Waals surface area contributed by atoms with Crippen LogP contribution in [-0.4, -0.2) is 58.6 Å². The molecule has 1 saturated carbocycles. The number of thiophene rings is 1. The molecule has 0 radical (unpaired) electrons. The maximum atomic E-state index is 12.7. The lowest BCUT2D eigenvalue weighted by molar-refractivity contribution is 0.0731. The minimum absolute atomic E-state index is 0. The largest absolute Gasteiger partial charge is 0.379 e. The summed E-state index contributed by atoms with van der Waals surface area (Å²) in [6.45, 7) is 3.23. The molecule has 10 heteroatoms. The number of nitrogens with zero attached hydrogens (tertiary/aromatic N) is 2. The van der Waals surface area contributed by atoms with Crippen LogP contribution in [-0.2, 0) is 21.3 Å². The second kappa shape index (κ2) is 13.2. The van der Waals surface area contributed by atoms with Crippen molar-refractivity contribution in [2.45, 2.75) is 55.7 Å². The molecule has 172 valence electrons. The Morgan fingerprint density at radius 2 is 1.93 bits per heavy atom. The molecule has 2 fully saturated rings. The molecular formula is C20H35IN4O3S2. The summed E-state index contributed by atoms with van der Waals surface area (Å²) >= 11 is 1.32. The van der Waals surface area contributed by atoms with Gasteiger partial charge >= 0.3 is 0 Å². The molecule has 0 unspecified atom stereocenters. The molecule has 1 aliphatic carbocycles. The van der Waals surface area contributed by atoms with Crippen LogP contribution in [0, 0.1) is 5.92 Å². The van der Waals surface area contributed by atoms with Crippen molar-refractivity contribution >= 4 is 51.3 Å². The predicted molar refractivity (Wildman–Crippen MR) is 133 cm³/mol. The molecule has 1 aromatic rings. The zero-order chi connectivity index (χ0) is 20.5. The number of ether oxygens (including phenoxy) is 1. The number of sulfonamides is 1. The van der Waals surface area contributed by atoms with Crippen LogP contribution in [0.1, 0.15) is 49.8 Å². The normalized spacial score (nSPS) is 18.9. The van der Waals surface area contributed by atoms with Crippen LogP contribution in [0.2, 0.25) is 0 Å². The van der Waals surface area contributed by atoms with E-state index in [4.69, 9.17) is 4.74 Å². The van der Waals surface area contributed by atoms with Crippen LogP contribution in [0.3, 0.4) is 0 Å². The number of guanidine groups is 1. The van der Waals surface area contributed by atoms with Gasteiger partial charge in [0.1, 0.15) is 4.21 Å². The highest BCUT2D eigenvalue weighted by atomic mass is 127. The summed E-state index contributed by atoms with van der Waals surface area (Å²) in [7, 11) is -1.65. The summed E-state index contributed by atoms with van der Waals surface area (Å²) in [4.78, 5) is 5.24. The van der Waals surface area contributed by atoms with Crippen LogP contribution >= 0.6 is 35.3 Å².